The van der Waals surface area contributed by atoms with E-state index in [4.69, 9.17) is 4.74 Å². The second-order valence-electron chi connectivity index (χ2n) is 6.28. The number of alkyl halides is 3. The van der Waals surface area contributed by atoms with Crippen LogP contribution >= 0.6 is 11.3 Å². The van der Waals surface area contributed by atoms with E-state index in [1.165, 1.54) is 11.3 Å². The summed E-state index contributed by atoms with van der Waals surface area (Å²) in [5.74, 6) is -1.33. The molecule has 1 aromatic heterocycles. The molecule has 2 aromatic rings. The van der Waals surface area contributed by atoms with Crippen molar-refractivity contribution in [1.29, 1.82) is 0 Å². The van der Waals surface area contributed by atoms with Crippen molar-refractivity contribution in [2.24, 2.45) is 5.92 Å². The van der Waals surface area contributed by atoms with E-state index in [1.807, 2.05) is 12.1 Å². The van der Waals surface area contributed by atoms with Crippen LogP contribution in [-0.2, 0) is 0 Å². The Morgan fingerprint density at radius 3 is 2.58 bits per heavy atom. The van der Waals surface area contributed by atoms with Gasteiger partial charge in [-0.3, -0.25) is 4.79 Å². The largest absolute Gasteiger partial charge is 0.497 e. The maximum absolute atomic E-state index is 13.2. The highest BCUT2D eigenvalue weighted by Crippen LogP contribution is 2.38. The van der Waals surface area contributed by atoms with Gasteiger partial charge in [-0.15, -0.1) is 11.3 Å². The number of nitrogens with zero attached hydrogens (tertiary/aromatic N) is 1. The zero-order chi connectivity index (χ0) is 18.7. The molecule has 1 fully saturated rings. The van der Waals surface area contributed by atoms with Crippen molar-refractivity contribution in [3.63, 3.8) is 0 Å². The molecule has 1 amide bonds. The van der Waals surface area contributed by atoms with Gasteiger partial charge in [0, 0.05) is 17.0 Å². The van der Waals surface area contributed by atoms with Crippen LogP contribution in [0.4, 0.5) is 13.2 Å². The molecular formula is C18H19F3N2O2S. The third kappa shape index (κ3) is 4.17. The monoisotopic (exact) mass is 384 g/mol. The molecule has 0 bridgehead atoms. The van der Waals surface area contributed by atoms with Gasteiger partial charge in [0.15, 0.2) is 0 Å². The summed E-state index contributed by atoms with van der Waals surface area (Å²) in [6, 6.07) is 6.32. The molecule has 1 aromatic carbocycles. The van der Waals surface area contributed by atoms with E-state index < -0.39 is 24.0 Å². The molecule has 26 heavy (non-hydrogen) atoms. The van der Waals surface area contributed by atoms with Crippen molar-refractivity contribution in [2.45, 2.75) is 37.9 Å². The molecule has 140 valence electrons. The molecule has 0 radical (unpaired) electrons. The van der Waals surface area contributed by atoms with Crippen LogP contribution in [0.2, 0.25) is 0 Å². The van der Waals surface area contributed by atoms with Crippen LogP contribution in [0.5, 0.6) is 5.75 Å². The average molecular weight is 384 g/mol. The quantitative estimate of drug-likeness (QED) is 0.833. The molecule has 0 saturated heterocycles. The van der Waals surface area contributed by atoms with E-state index in [1.54, 1.807) is 24.6 Å². The van der Waals surface area contributed by atoms with Gasteiger partial charge in [0.1, 0.15) is 16.5 Å². The van der Waals surface area contributed by atoms with Crippen LogP contribution in [0.15, 0.2) is 29.6 Å². The number of hydrogen-bond acceptors (Lipinski definition) is 4. The number of amides is 1. The molecule has 1 saturated carbocycles. The summed E-state index contributed by atoms with van der Waals surface area (Å²) < 4.78 is 44.6. The molecular weight excluding hydrogens is 365 g/mol. The Bertz CT molecular complexity index is 759. The van der Waals surface area contributed by atoms with Crippen LogP contribution in [-0.4, -0.2) is 30.2 Å². The zero-order valence-electron chi connectivity index (χ0n) is 14.2. The summed E-state index contributed by atoms with van der Waals surface area (Å²) >= 11 is 1.28. The first-order valence-electron chi connectivity index (χ1n) is 8.36. The summed E-state index contributed by atoms with van der Waals surface area (Å²) in [4.78, 5) is 16.6. The second kappa shape index (κ2) is 7.65. The number of carbonyl (C=O) groups excluding carboxylic acids is 1. The van der Waals surface area contributed by atoms with E-state index in [0.29, 0.717) is 30.0 Å². The summed E-state index contributed by atoms with van der Waals surface area (Å²) in [6.45, 7) is 0. The van der Waals surface area contributed by atoms with E-state index in [0.717, 1.165) is 5.56 Å². The summed E-state index contributed by atoms with van der Waals surface area (Å²) in [5.41, 5.74) is 0.966. The first-order chi connectivity index (χ1) is 12.4. The Morgan fingerprint density at radius 2 is 1.92 bits per heavy atom. The molecule has 4 nitrogen and oxygen atoms in total. The highest BCUT2D eigenvalue weighted by molar-refractivity contribution is 7.13. The Balaban J connectivity index is 1.71. The fraction of sp³-hybridized carbons (Fsp3) is 0.444. The molecule has 0 aliphatic heterocycles. The van der Waals surface area contributed by atoms with Crippen molar-refractivity contribution in [3.8, 4) is 16.3 Å². The van der Waals surface area contributed by atoms with Gasteiger partial charge in [-0.25, -0.2) is 4.98 Å². The van der Waals surface area contributed by atoms with Gasteiger partial charge in [-0.05, 0) is 37.1 Å². The van der Waals surface area contributed by atoms with Gasteiger partial charge in [0.25, 0.3) is 5.91 Å². The minimum atomic E-state index is -4.30. The molecule has 2 atom stereocenters. The number of nitrogens with one attached hydrogen (secondary N) is 1. The number of halogens is 3. The molecule has 8 heteroatoms. The van der Waals surface area contributed by atoms with E-state index in [-0.39, 0.29) is 12.1 Å². The number of methoxy groups -OCH3 is 1. The molecule has 0 unspecified atom stereocenters. The predicted molar refractivity (Wildman–Crippen MR) is 93.4 cm³/mol. The fourth-order valence-electron chi connectivity index (χ4n) is 3.18. The Hall–Kier alpha value is -2.09. The maximum Gasteiger partial charge on any atom is 0.393 e. The van der Waals surface area contributed by atoms with Crippen LogP contribution < -0.4 is 10.1 Å². The smallest absolute Gasteiger partial charge is 0.393 e. The zero-order valence-corrected chi connectivity index (χ0v) is 15.0. The van der Waals surface area contributed by atoms with Crippen molar-refractivity contribution in [2.75, 3.05) is 7.11 Å². The third-order valence-corrected chi connectivity index (χ3v) is 5.47. The van der Waals surface area contributed by atoms with Gasteiger partial charge in [0.05, 0.1) is 13.0 Å². The number of thiazole rings is 1. The van der Waals surface area contributed by atoms with Crippen molar-refractivity contribution in [3.05, 3.63) is 35.3 Å². The number of aromatic nitrogens is 1. The minimum absolute atomic E-state index is 0.0581. The standard InChI is InChI=1S/C18H19F3N2O2S/c1-25-12-8-6-11(7-9-12)17-23-15(10-26-17)16(24)22-14-5-3-2-4-13(14)18(19,20)21/h6-10,13-14H,2-5H2,1H3,(H,22,24)/t13-,14+/m0/s1. The van der Waals surface area contributed by atoms with Crippen LogP contribution in [0.3, 0.4) is 0 Å². The lowest BCUT2D eigenvalue weighted by molar-refractivity contribution is -0.187. The lowest BCUT2D eigenvalue weighted by Crippen LogP contribution is -2.47. The van der Waals surface area contributed by atoms with Gasteiger partial charge >= 0.3 is 6.18 Å². The molecule has 1 aliphatic carbocycles. The Kier molecular flexibility index (Phi) is 5.50. The van der Waals surface area contributed by atoms with Crippen molar-refractivity contribution >= 4 is 17.2 Å². The average Bonchev–Trinajstić information content (AvgIpc) is 3.11. The SMILES string of the molecule is COc1ccc(-c2nc(C(=O)N[C@@H]3CCCC[C@@H]3C(F)(F)F)cs2)cc1. The third-order valence-electron chi connectivity index (χ3n) is 4.58. The number of carbonyl (C=O) groups is 1. The number of ether oxygens (including phenoxy) is 1. The van der Waals surface area contributed by atoms with Gasteiger partial charge in [-0.2, -0.15) is 13.2 Å². The highest BCUT2D eigenvalue weighted by atomic mass is 32.1. The number of benzene rings is 1. The normalized spacial score (nSPS) is 20.6. The summed E-state index contributed by atoms with van der Waals surface area (Å²) in [5, 5.41) is 4.74. The minimum Gasteiger partial charge on any atom is -0.497 e. The fourth-order valence-corrected chi connectivity index (χ4v) is 3.99. The predicted octanol–water partition coefficient (Wildman–Crippen LogP) is 4.67. The summed E-state index contributed by atoms with van der Waals surface area (Å²) in [6.07, 6.45) is -2.68. The summed E-state index contributed by atoms with van der Waals surface area (Å²) in [7, 11) is 1.57. The van der Waals surface area contributed by atoms with Crippen LogP contribution in [0, 0.1) is 5.92 Å². The van der Waals surface area contributed by atoms with Crippen LogP contribution in [0.25, 0.3) is 10.6 Å². The molecule has 1 aliphatic rings. The van der Waals surface area contributed by atoms with Gasteiger partial charge < -0.3 is 10.1 Å². The Morgan fingerprint density at radius 1 is 1.23 bits per heavy atom. The van der Waals surface area contributed by atoms with E-state index in [9.17, 15) is 18.0 Å². The number of hydrogen-bond donors (Lipinski definition) is 1. The molecule has 1 N–H and O–H groups in total. The van der Waals surface area contributed by atoms with E-state index in [2.05, 4.69) is 10.3 Å². The van der Waals surface area contributed by atoms with Crippen molar-refractivity contribution in [1.82, 2.24) is 10.3 Å². The lowest BCUT2D eigenvalue weighted by atomic mass is 9.84. The second-order valence-corrected chi connectivity index (χ2v) is 7.14. The van der Waals surface area contributed by atoms with Crippen molar-refractivity contribution < 1.29 is 22.7 Å². The Labute approximate surface area is 153 Å². The van der Waals surface area contributed by atoms with Crippen LogP contribution in [0.1, 0.15) is 36.2 Å². The maximum atomic E-state index is 13.2. The highest BCUT2D eigenvalue weighted by Gasteiger charge is 2.46. The molecule has 0 spiro atoms. The van der Waals surface area contributed by atoms with Gasteiger partial charge in [-0.1, -0.05) is 12.8 Å². The molecule has 3 rings (SSSR count). The number of rotatable bonds is 4. The first-order valence-corrected chi connectivity index (χ1v) is 9.24. The lowest BCUT2D eigenvalue weighted by Gasteiger charge is -2.33. The topological polar surface area (TPSA) is 51.2 Å². The molecule has 1 heterocycles. The first kappa shape index (κ1) is 18.7. The van der Waals surface area contributed by atoms with E-state index >= 15 is 0 Å². The van der Waals surface area contributed by atoms with Gasteiger partial charge in [0.2, 0.25) is 0 Å².